The zero-order valence-electron chi connectivity index (χ0n) is 31.6. The fourth-order valence-corrected chi connectivity index (χ4v) is 10.0. The predicted molar refractivity (Wildman–Crippen MR) is 207 cm³/mol. The van der Waals surface area contributed by atoms with Crippen LogP contribution in [0.2, 0.25) is 0 Å². The highest BCUT2D eigenvalue weighted by Gasteiger charge is 2.56. The number of aromatic hydroxyl groups is 2. The third-order valence-electron chi connectivity index (χ3n) is 11.2. The molecule has 7 N–H and O–H groups in total. The van der Waals surface area contributed by atoms with Crippen molar-refractivity contribution in [3.8, 4) is 11.5 Å². The van der Waals surface area contributed by atoms with Gasteiger partial charge in [-0.05, 0) is 63.5 Å². The molecule has 3 amide bonds. The van der Waals surface area contributed by atoms with Gasteiger partial charge in [0.1, 0.15) is 22.8 Å². The van der Waals surface area contributed by atoms with E-state index in [4.69, 9.17) is 10.6 Å². The number of aliphatic carboxylic acids is 2. The molecule has 6 rings (SSSR count). The summed E-state index contributed by atoms with van der Waals surface area (Å²) < 4.78 is 0. The number of thioether (sulfide) groups is 1. The van der Waals surface area contributed by atoms with Gasteiger partial charge in [-0.1, -0.05) is 43.7 Å². The van der Waals surface area contributed by atoms with Crippen LogP contribution in [0.25, 0.3) is 0 Å². The number of phenolic OH excluding ortho intramolecular Hbond substituents is 2. The largest absolute Gasteiger partial charge is 0.546 e. The molecule has 4 heterocycles. The van der Waals surface area contributed by atoms with Crippen LogP contribution in [0.5, 0.6) is 11.5 Å². The number of β-lactam (4-membered cyclic amide) rings is 1. The number of carboxylic acid groups (broad SMARTS) is 2. The maximum Gasteiger partial charge on any atom is 0.352 e. The molecular weight excluding hydrogens is 781 g/mol. The Labute approximate surface area is 336 Å². The SMILES string of the molecule is C[C@@H]1S[C@@H]2[C@H](NC(=O)/C(=N\OC(C)(C)C(=O)[O-])c3csc(N)n3)C(=O)N2C(C(=O)O)=C1CCC1CCCCC1CCCC1CC(=O)c2cc(O)c(O)cc2NC1=O. The number of carbonyl (C=O) groups excluding carboxylic acids is 5. The van der Waals surface area contributed by atoms with Crippen molar-refractivity contribution in [2.75, 3.05) is 11.1 Å². The fraction of sp³-hybridized carbons (Fsp3) is 0.526. The summed E-state index contributed by atoms with van der Waals surface area (Å²) in [4.78, 5) is 87.6. The van der Waals surface area contributed by atoms with Crippen molar-refractivity contribution in [1.82, 2.24) is 15.2 Å². The third-order valence-corrected chi connectivity index (χ3v) is 13.3. The minimum Gasteiger partial charge on any atom is -0.546 e. The van der Waals surface area contributed by atoms with Crippen LogP contribution in [0.1, 0.15) is 101 Å². The van der Waals surface area contributed by atoms with E-state index in [1.165, 1.54) is 48.0 Å². The number of ketones is 1. The summed E-state index contributed by atoms with van der Waals surface area (Å²) in [6.07, 6.45) is 7.22. The zero-order chi connectivity index (χ0) is 41.3. The van der Waals surface area contributed by atoms with Gasteiger partial charge in [0.05, 0.1) is 11.7 Å². The number of oxime groups is 1. The number of rotatable bonds is 14. The molecule has 3 unspecified atom stereocenters. The van der Waals surface area contributed by atoms with E-state index in [9.17, 15) is 49.2 Å². The van der Waals surface area contributed by atoms with Crippen LogP contribution in [0.15, 0.2) is 33.9 Å². The fourth-order valence-electron chi connectivity index (χ4n) is 8.00. The smallest absolute Gasteiger partial charge is 0.352 e. The summed E-state index contributed by atoms with van der Waals surface area (Å²) in [7, 11) is 0. The highest BCUT2D eigenvalue weighted by Crippen LogP contribution is 2.47. The van der Waals surface area contributed by atoms with E-state index < -0.39 is 63.9 Å². The Morgan fingerprint density at radius 3 is 2.44 bits per heavy atom. The van der Waals surface area contributed by atoms with E-state index >= 15 is 0 Å². The maximum absolute atomic E-state index is 13.6. The molecule has 57 heavy (non-hydrogen) atoms. The minimum atomic E-state index is -1.90. The molecule has 1 aliphatic carbocycles. The number of Topliss-reactive ketones (excluding diaryl/α,β-unsaturated/α-hetero) is 1. The van der Waals surface area contributed by atoms with Gasteiger partial charge in [-0.15, -0.1) is 23.1 Å². The lowest BCUT2D eigenvalue weighted by Crippen LogP contribution is -2.71. The van der Waals surface area contributed by atoms with Gasteiger partial charge in [-0.3, -0.25) is 24.1 Å². The molecule has 4 aliphatic rings. The predicted octanol–water partition coefficient (Wildman–Crippen LogP) is 3.11. The highest BCUT2D eigenvalue weighted by atomic mass is 32.2. The Balaban J connectivity index is 1.09. The normalized spacial score (nSPS) is 25.1. The first-order valence-electron chi connectivity index (χ1n) is 18.8. The number of nitrogen functional groups attached to an aromatic ring is 1. The minimum absolute atomic E-state index is 0.00723. The summed E-state index contributed by atoms with van der Waals surface area (Å²) in [5, 5.41) is 51.2. The monoisotopic (exact) mass is 825 g/mol. The Hall–Kier alpha value is -5.17. The Kier molecular flexibility index (Phi) is 12.2. The molecule has 0 bridgehead atoms. The van der Waals surface area contributed by atoms with Crippen molar-refractivity contribution < 1.29 is 54.0 Å². The maximum atomic E-state index is 13.6. The number of fused-ring (bicyclic) bond motifs is 2. The van der Waals surface area contributed by atoms with Crippen molar-refractivity contribution >= 4 is 75.1 Å². The van der Waals surface area contributed by atoms with E-state index in [2.05, 4.69) is 20.8 Å². The third kappa shape index (κ3) is 8.73. The van der Waals surface area contributed by atoms with Crippen molar-refractivity contribution in [3.05, 3.63) is 40.0 Å². The molecule has 3 aliphatic heterocycles. The van der Waals surface area contributed by atoms with Crippen molar-refractivity contribution in [2.45, 2.75) is 107 Å². The van der Waals surface area contributed by atoms with Gasteiger partial charge < -0.3 is 46.4 Å². The molecule has 306 valence electrons. The van der Waals surface area contributed by atoms with Gasteiger partial charge in [0.25, 0.3) is 11.8 Å². The molecule has 1 aromatic heterocycles. The lowest BCUT2D eigenvalue weighted by molar-refractivity contribution is -0.325. The Morgan fingerprint density at radius 2 is 1.79 bits per heavy atom. The standard InChI is InChI=1S/C38H46N6O11S2/c1-17-21(12-11-19-8-5-4-7-18(19)9-6-10-20-13-25(45)22-14-26(46)27(47)15-23(22)40-31(20)48)30(35(51)52)44-33(50)29(34(44)57-17)42-32(49)28(24-16-56-37(39)41-24)43-55-38(2,3)36(53)54/h14-20,29,34,46-47H,4-13H2,1-3H3,(H2,39,41)(H,40,48)(H,42,49)(H,51,52)(H,53,54)/p-1/b43-28-/t17-,18?,19?,20?,29+,34+/m0/s1. The van der Waals surface area contributed by atoms with Crippen LogP contribution < -0.4 is 21.5 Å². The van der Waals surface area contributed by atoms with Gasteiger partial charge in [0, 0.05) is 34.6 Å². The topological polar surface area (TPSA) is 274 Å². The number of carbonyl (C=O) groups is 6. The first-order chi connectivity index (χ1) is 27.0. The first kappa shape index (κ1) is 41.5. The second kappa shape index (κ2) is 16.7. The molecule has 17 nitrogen and oxygen atoms in total. The van der Waals surface area contributed by atoms with Gasteiger partial charge in [-0.2, -0.15) is 0 Å². The number of hydrogen-bond donors (Lipinski definition) is 6. The van der Waals surface area contributed by atoms with Gasteiger partial charge in [0.2, 0.25) is 5.91 Å². The first-order valence-corrected chi connectivity index (χ1v) is 20.6. The van der Waals surface area contributed by atoms with E-state index in [-0.39, 0.29) is 57.1 Å². The Morgan fingerprint density at radius 1 is 1.11 bits per heavy atom. The van der Waals surface area contributed by atoms with Gasteiger partial charge in [-0.25, -0.2) is 9.78 Å². The number of nitrogens with two attached hydrogens (primary N) is 1. The molecule has 1 saturated carbocycles. The van der Waals surface area contributed by atoms with Crippen LogP contribution in [0.3, 0.4) is 0 Å². The molecular formula is C38H45N6O11S2-. The summed E-state index contributed by atoms with van der Waals surface area (Å²) in [6, 6.07) is 1.24. The molecule has 2 fully saturated rings. The van der Waals surface area contributed by atoms with E-state index in [1.54, 1.807) is 0 Å². The van der Waals surface area contributed by atoms with Crippen LogP contribution in [-0.2, 0) is 28.8 Å². The van der Waals surface area contributed by atoms with Gasteiger partial charge in [0.15, 0.2) is 33.7 Å². The number of phenols is 2. The molecule has 0 radical (unpaired) electrons. The summed E-state index contributed by atoms with van der Waals surface area (Å²) >= 11 is 2.36. The second-order valence-electron chi connectivity index (χ2n) is 15.4. The molecule has 19 heteroatoms. The van der Waals surface area contributed by atoms with Gasteiger partial charge >= 0.3 is 5.97 Å². The summed E-state index contributed by atoms with van der Waals surface area (Å²) in [5.74, 6) is -5.74. The molecule has 1 aromatic carbocycles. The van der Waals surface area contributed by atoms with E-state index in [0.29, 0.717) is 37.2 Å². The zero-order valence-corrected chi connectivity index (χ0v) is 33.2. The molecule has 0 spiro atoms. The van der Waals surface area contributed by atoms with E-state index in [0.717, 1.165) is 43.4 Å². The van der Waals surface area contributed by atoms with Crippen LogP contribution in [0.4, 0.5) is 10.8 Å². The number of anilines is 2. The number of carboxylic acids is 2. The number of hydrogen-bond acceptors (Lipinski definition) is 15. The van der Waals surface area contributed by atoms with Crippen molar-refractivity contribution in [1.29, 1.82) is 0 Å². The highest BCUT2D eigenvalue weighted by molar-refractivity contribution is 8.00. The summed E-state index contributed by atoms with van der Waals surface area (Å²) in [5.41, 5.74) is 4.29. The lowest BCUT2D eigenvalue weighted by Gasteiger charge is -2.51. The number of aromatic nitrogens is 1. The van der Waals surface area contributed by atoms with Crippen molar-refractivity contribution in [2.24, 2.45) is 22.9 Å². The van der Waals surface area contributed by atoms with Crippen LogP contribution in [-0.4, -0.2) is 88.6 Å². The number of thiazole rings is 1. The van der Waals surface area contributed by atoms with E-state index in [1.807, 2.05) is 6.92 Å². The molecule has 6 atom stereocenters. The number of nitrogens with one attached hydrogen (secondary N) is 2. The molecule has 1 saturated heterocycles. The molecule has 2 aromatic rings. The lowest BCUT2D eigenvalue weighted by atomic mass is 9.73. The van der Waals surface area contributed by atoms with Crippen LogP contribution in [0, 0.1) is 17.8 Å². The van der Waals surface area contributed by atoms with Crippen molar-refractivity contribution in [3.63, 3.8) is 0 Å². The van der Waals surface area contributed by atoms with Crippen LogP contribution >= 0.6 is 23.1 Å². The number of nitrogens with zero attached hydrogens (tertiary/aromatic N) is 3. The second-order valence-corrected chi connectivity index (χ2v) is 17.7. The Bertz CT molecular complexity index is 2050. The summed E-state index contributed by atoms with van der Waals surface area (Å²) in [6.45, 7) is 4.24. The average Bonchev–Trinajstić information content (AvgIpc) is 3.54. The average molecular weight is 826 g/mol. The quantitative estimate of drug-likeness (QED) is 0.0525. The number of amides is 3. The number of benzene rings is 1.